The molecular weight excluding hydrogens is 150 g/mol. The average molecular weight is 165 g/mol. The van der Waals surface area contributed by atoms with Crippen molar-refractivity contribution in [2.75, 3.05) is 6.54 Å². The summed E-state index contributed by atoms with van der Waals surface area (Å²) in [6, 6.07) is 0. The van der Waals surface area contributed by atoms with Gasteiger partial charge in [0, 0.05) is 12.4 Å². The van der Waals surface area contributed by atoms with E-state index in [1.54, 1.807) is 6.20 Å². The minimum Gasteiger partial charge on any atom is -0.348 e. The number of aromatic nitrogens is 2. The number of nitrogens with one attached hydrogen (secondary N) is 2. The molecule has 0 radical (unpaired) electrons. The van der Waals surface area contributed by atoms with Gasteiger partial charge in [-0.3, -0.25) is 0 Å². The van der Waals surface area contributed by atoms with Crippen molar-refractivity contribution in [2.24, 2.45) is 5.92 Å². The molecule has 0 spiro atoms. The summed E-state index contributed by atoms with van der Waals surface area (Å²) in [7, 11) is 0. The van der Waals surface area contributed by atoms with Crippen molar-refractivity contribution >= 4 is 0 Å². The number of hydrogen-bond donors (Lipinski definition) is 2. The van der Waals surface area contributed by atoms with Gasteiger partial charge in [0.25, 0.3) is 0 Å². The van der Waals surface area contributed by atoms with Gasteiger partial charge in [-0.1, -0.05) is 6.42 Å². The number of hydrogen-bond acceptors (Lipinski definition) is 2. The second kappa shape index (κ2) is 3.72. The first-order chi connectivity index (χ1) is 5.95. The van der Waals surface area contributed by atoms with Gasteiger partial charge < -0.3 is 10.3 Å². The van der Waals surface area contributed by atoms with Crippen LogP contribution in [-0.4, -0.2) is 16.5 Å². The predicted molar refractivity (Wildman–Crippen MR) is 47.6 cm³/mol. The molecule has 0 aromatic carbocycles. The van der Waals surface area contributed by atoms with E-state index in [0.29, 0.717) is 0 Å². The molecule has 0 saturated heterocycles. The molecule has 66 valence electrons. The van der Waals surface area contributed by atoms with Gasteiger partial charge in [0.05, 0.1) is 6.54 Å². The van der Waals surface area contributed by atoms with E-state index in [0.717, 1.165) is 24.8 Å². The number of nitrogens with zero attached hydrogens (tertiary/aromatic N) is 1. The lowest BCUT2D eigenvalue weighted by molar-refractivity contribution is 0.300. The van der Waals surface area contributed by atoms with E-state index in [4.69, 9.17) is 0 Å². The molecule has 1 fully saturated rings. The fourth-order valence-electron chi connectivity index (χ4n) is 1.49. The van der Waals surface area contributed by atoms with Gasteiger partial charge in [-0.25, -0.2) is 4.98 Å². The van der Waals surface area contributed by atoms with Crippen LogP contribution in [0.4, 0.5) is 0 Å². The van der Waals surface area contributed by atoms with Crippen molar-refractivity contribution in [1.29, 1.82) is 0 Å². The number of imidazole rings is 1. The second-order valence-electron chi connectivity index (χ2n) is 3.46. The zero-order valence-electron chi connectivity index (χ0n) is 7.21. The fraction of sp³-hybridized carbons (Fsp3) is 0.667. The van der Waals surface area contributed by atoms with Crippen LogP contribution in [0.5, 0.6) is 0 Å². The third-order valence-electron chi connectivity index (χ3n) is 2.51. The predicted octanol–water partition coefficient (Wildman–Crippen LogP) is 1.30. The third kappa shape index (κ3) is 1.85. The Labute approximate surface area is 72.6 Å². The lowest BCUT2D eigenvalue weighted by Gasteiger charge is -2.25. The van der Waals surface area contributed by atoms with Crippen LogP contribution in [0, 0.1) is 5.92 Å². The molecule has 0 bridgehead atoms. The maximum Gasteiger partial charge on any atom is 0.120 e. The number of aromatic amines is 1. The molecule has 0 amide bonds. The van der Waals surface area contributed by atoms with E-state index in [1.807, 2.05) is 6.20 Å². The quantitative estimate of drug-likeness (QED) is 0.706. The molecule has 3 heteroatoms. The minimum absolute atomic E-state index is 0.878. The molecule has 1 aliphatic carbocycles. The Morgan fingerprint density at radius 2 is 2.50 bits per heavy atom. The fourth-order valence-corrected chi connectivity index (χ4v) is 1.49. The largest absolute Gasteiger partial charge is 0.348 e. The van der Waals surface area contributed by atoms with E-state index in [1.165, 1.54) is 19.3 Å². The van der Waals surface area contributed by atoms with Crippen LogP contribution in [0.2, 0.25) is 0 Å². The Kier molecular flexibility index (Phi) is 2.42. The third-order valence-corrected chi connectivity index (χ3v) is 2.51. The maximum atomic E-state index is 4.14. The first kappa shape index (κ1) is 7.80. The lowest BCUT2D eigenvalue weighted by Crippen LogP contribution is -2.27. The highest BCUT2D eigenvalue weighted by molar-refractivity contribution is 4.86. The van der Waals surface area contributed by atoms with Crippen molar-refractivity contribution in [2.45, 2.75) is 25.8 Å². The molecule has 0 atom stereocenters. The Hall–Kier alpha value is -0.830. The van der Waals surface area contributed by atoms with Crippen LogP contribution >= 0.6 is 0 Å². The molecule has 0 unspecified atom stereocenters. The molecule has 2 rings (SSSR count). The summed E-state index contributed by atoms with van der Waals surface area (Å²) in [6.45, 7) is 2.03. The van der Waals surface area contributed by atoms with E-state index in [2.05, 4.69) is 15.3 Å². The van der Waals surface area contributed by atoms with Crippen LogP contribution < -0.4 is 5.32 Å². The molecule has 1 aromatic rings. The Morgan fingerprint density at radius 3 is 3.08 bits per heavy atom. The highest BCUT2D eigenvalue weighted by atomic mass is 15.0. The maximum absolute atomic E-state index is 4.14. The van der Waals surface area contributed by atoms with E-state index >= 15 is 0 Å². The molecule has 12 heavy (non-hydrogen) atoms. The summed E-state index contributed by atoms with van der Waals surface area (Å²) in [5.74, 6) is 1.97. The molecule has 1 heterocycles. The zero-order valence-corrected chi connectivity index (χ0v) is 7.21. The first-order valence-corrected chi connectivity index (χ1v) is 4.64. The Balaban J connectivity index is 1.62. The van der Waals surface area contributed by atoms with Crippen LogP contribution in [0.25, 0.3) is 0 Å². The van der Waals surface area contributed by atoms with Gasteiger partial charge >= 0.3 is 0 Å². The Morgan fingerprint density at radius 1 is 1.58 bits per heavy atom. The van der Waals surface area contributed by atoms with Gasteiger partial charge in [0.1, 0.15) is 5.82 Å². The smallest absolute Gasteiger partial charge is 0.120 e. The summed E-state index contributed by atoms with van der Waals surface area (Å²) in [5.41, 5.74) is 0. The van der Waals surface area contributed by atoms with Crippen molar-refractivity contribution in [1.82, 2.24) is 15.3 Å². The molecule has 3 nitrogen and oxygen atoms in total. The summed E-state index contributed by atoms with van der Waals surface area (Å²) < 4.78 is 0. The minimum atomic E-state index is 0.878. The number of rotatable bonds is 4. The van der Waals surface area contributed by atoms with Crippen LogP contribution in [-0.2, 0) is 6.54 Å². The lowest BCUT2D eigenvalue weighted by atomic mass is 9.85. The SMILES string of the molecule is c1c[nH]c(CNCC2CCC2)n1. The summed E-state index contributed by atoms with van der Waals surface area (Å²) in [6.07, 6.45) is 7.89. The second-order valence-corrected chi connectivity index (χ2v) is 3.46. The summed E-state index contributed by atoms with van der Waals surface area (Å²) >= 11 is 0. The van der Waals surface area contributed by atoms with Gasteiger partial charge in [0.15, 0.2) is 0 Å². The molecule has 1 aromatic heterocycles. The monoisotopic (exact) mass is 165 g/mol. The first-order valence-electron chi connectivity index (χ1n) is 4.64. The molecule has 1 aliphatic rings. The molecular formula is C9H15N3. The van der Waals surface area contributed by atoms with Crippen molar-refractivity contribution in [3.8, 4) is 0 Å². The van der Waals surface area contributed by atoms with Crippen molar-refractivity contribution in [3.05, 3.63) is 18.2 Å². The normalized spacial score (nSPS) is 17.7. The highest BCUT2D eigenvalue weighted by Crippen LogP contribution is 2.25. The average Bonchev–Trinajstić information content (AvgIpc) is 2.46. The van der Waals surface area contributed by atoms with Gasteiger partial charge in [-0.05, 0) is 25.3 Å². The zero-order chi connectivity index (χ0) is 8.23. The Bertz CT molecular complexity index is 214. The van der Waals surface area contributed by atoms with E-state index in [-0.39, 0.29) is 0 Å². The van der Waals surface area contributed by atoms with Crippen LogP contribution in [0.3, 0.4) is 0 Å². The van der Waals surface area contributed by atoms with Gasteiger partial charge in [-0.2, -0.15) is 0 Å². The van der Waals surface area contributed by atoms with Crippen molar-refractivity contribution in [3.63, 3.8) is 0 Å². The van der Waals surface area contributed by atoms with Crippen LogP contribution in [0.15, 0.2) is 12.4 Å². The highest BCUT2D eigenvalue weighted by Gasteiger charge is 2.16. The molecule has 0 aliphatic heterocycles. The topological polar surface area (TPSA) is 40.7 Å². The van der Waals surface area contributed by atoms with E-state index < -0.39 is 0 Å². The van der Waals surface area contributed by atoms with E-state index in [9.17, 15) is 0 Å². The van der Waals surface area contributed by atoms with Crippen molar-refractivity contribution < 1.29 is 0 Å². The standard InChI is InChI=1S/C9H15N3/c1-2-8(3-1)6-10-7-9-11-4-5-12-9/h4-5,8,10H,1-3,6-7H2,(H,11,12). The summed E-state index contributed by atoms with van der Waals surface area (Å²) in [5, 5.41) is 3.40. The summed E-state index contributed by atoms with van der Waals surface area (Å²) in [4.78, 5) is 7.21. The van der Waals surface area contributed by atoms with Gasteiger partial charge in [-0.15, -0.1) is 0 Å². The number of H-pyrrole nitrogens is 1. The van der Waals surface area contributed by atoms with Gasteiger partial charge in [0.2, 0.25) is 0 Å². The van der Waals surface area contributed by atoms with Crippen LogP contribution in [0.1, 0.15) is 25.1 Å². The molecule has 2 N–H and O–H groups in total. The molecule has 1 saturated carbocycles.